The van der Waals surface area contributed by atoms with E-state index in [9.17, 15) is 5.11 Å². The number of benzene rings is 3. The minimum absolute atomic E-state index is 0.145. The zero-order valence-corrected chi connectivity index (χ0v) is 27.0. The highest BCUT2D eigenvalue weighted by Gasteiger charge is 2.64. The highest BCUT2D eigenvalue weighted by atomic mass is 127. The number of aliphatic hydroxyl groups is 1. The zero-order chi connectivity index (χ0) is 31.8. The second-order valence-corrected chi connectivity index (χ2v) is 11.7. The Morgan fingerprint density at radius 1 is 1.00 bits per heavy atom. The molecule has 45 heavy (non-hydrogen) atoms. The maximum Gasteiger partial charge on any atom is 0.254 e. The number of hydrogen-bond acceptors (Lipinski definition) is 8. The van der Waals surface area contributed by atoms with Gasteiger partial charge in [-0.25, -0.2) is 13.8 Å². The minimum atomic E-state index is -2.70. The number of nitrogens with one attached hydrogen (secondary N) is 1. The van der Waals surface area contributed by atoms with Crippen molar-refractivity contribution in [3.63, 3.8) is 0 Å². The molecule has 4 atom stereocenters. The van der Waals surface area contributed by atoms with Crippen LogP contribution in [0.4, 0.5) is 14.7 Å². The van der Waals surface area contributed by atoms with Gasteiger partial charge in [0.1, 0.15) is 16.9 Å². The number of halogens is 3. The van der Waals surface area contributed by atoms with E-state index in [0.29, 0.717) is 5.75 Å². The molecule has 234 valence electrons. The Kier molecular flexibility index (Phi) is 8.39. The van der Waals surface area contributed by atoms with E-state index in [4.69, 9.17) is 24.2 Å². The number of anilines is 1. The van der Waals surface area contributed by atoms with E-state index in [2.05, 4.69) is 10.3 Å². The lowest BCUT2D eigenvalue weighted by Crippen LogP contribution is -2.45. The van der Waals surface area contributed by atoms with Crippen molar-refractivity contribution < 1.29 is 28.1 Å². The summed E-state index contributed by atoms with van der Waals surface area (Å²) < 4.78 is 48.5. The number of aromatic nitrogens is 4. The average molecular weight is 728 g/mol. The molecule has 1 aliphatic heterocycles. The maximum atomic E-state index is 15.4. The van der Waals surface area contributed by atoms with Crippen molar-refractivity contribution in [1.82, 2.24) is 19.5 Å². The van der Waals surface area contributed by atoms with Gasteiger partial charge in [0, 0.05) is 0 Å². The molecule has 0 amide bonds. The molecule has 0 bridgehead atoms. The largest absolute Gasteiger partial charge is 0.497 e. The van der Waals surface area contributed by atoms with Crippen molar-refractivity contribution in [2.45, 2.75) is 43.2 Å². The molecule has 3 heterocycles. The predicted molar refractivity (Wildman–Crippen MR) is 174 cm³/mol. The molecule has 1 aliphatic rings. The van der Waals surface area contributed by atoms with Crippen LogP contribution in [0.5, 0.6) is 11.6 Å². The van der Waals surface area contributed by atoms with Crippen molar-refractivity contribution in [3.8, 4) is 11.6 Å². The Morgan fingerprint density at radius 2 is 1.60 bits per heavy atom. The fourth-order valence-corrected chi connectivity index (χ4v) is 6.39. The van der Waals surface area contributed by atoms with Gasteiger partial charge in [-0.05, 0) is 42.7 Å². The Hall–Kier alpha value is -3.88. The standard InChI is InChI=1S/C33H32F2IN5O4/c1-4-44-27-25-26(41(20-37-25)29-31(2,42)28(34)32(35,19-36)45-29)38-30(39-27)40-33(21-11-7-5-8-12-21,22-13-9-6-10-14-22)23-15-17-24(43-3)18-16-23/h5-18,20,28-29,42H,4,19H2,1-3H3,(H,38,39,40)/t28-,29+,31+,32+/m0/s1. The van der Waals surface area contributed by atoms with E-state index in [1.165, 1.54) is 17.8 Å². The number of alkyl halides is 3. The van der Waals surface area contributed by atoms with Crippen LogP contribution in [0.15, 0.2) is 91.3 Å². The number of rotatable bonds is 10. The summed E-state index contributed by atoms with van der Waals surface area (Å²) in [6.45, 7) is 3.28. The molecule has 1 saturated heterocycles. The number of nitrogens with zero attached hydrogens (tertiary/aromatic N) is 4. The van der Waals surface area contributed by atoms with E-state index in [0.717, 1.165) is 16.7 Å². The predicted octanol–water partition coefficient (Wildman–Crippen LogP) is 6.36. The van der Waals surface area contributed by atoms with E-state index < -0.39 is 29.4 Å². The Bertz CT molecular complexity index is 1740. The van der Waals surface area contributed by atoms with Gasteiger partial charge in [0.2, 0.25) is 11.8 Å². The van der Waals surface area contributed by atoms with Crippen LogP contribution in [0.2, 0.25) is 0 Å². The van der Waals surface area contributed by atoms with Crippen LogP contribution < -0.4 is 14.8 Å². The van der Waals surface area contributed by atoms with Gasteiger partial charge >= 0.3 is 0 Å². The van der Waals surface area contributed by atoms with Crippen LogP contribution in [0.25, 0.3) is 11.2 Å². The average Bonchev–Trinajstić information content (AvgIpc) is 3.57. The summed E-state index contributed by atoms with van der Waals surface area (Å²) in [5.41, 5.74) is -0.188. The van der Waals surface area contributed by atoms with Crippen LogP contribution >= 0.6 is 22.6 Å². The van der Waals surface area contributed by atoms with Crippen molar-refractivity contribution in [1.29, 1.82) is 0 Å². The molecule has 0 radical (unpaired) electrons. The third-order valence-corrected chi connectivity index (χ3v) is 9.08. The molecule has 2 N–H and O–H groups in total. The van der Waals surface area contributed by atoms with Crippen molar-refractivity contribution in [2.75, 3.05) is 23.5 Å². The van der Waals surface area contributed by atoms with Crippen molar-refractivity contribution >= 4 is 39.7 Å². The number of methoxy groups -OCH3 is 1. The first kappa shape index (κ1) is 31.1. The lowest BCUT2D eigenvalue weighted by atomic mass is 9.77. The molecule has 9 nitrogen and oxygen atoms in total. The zero-order valence-electron chi connectivity index (χ0n) is 24.8. The van der Waals surface area contributed by atoms with Crippen LogP contribution in [-0.2, 0) is 10.3 Å². The Morgan fingerprint density at radius 3 is 2.13 bits per heavy atom. The first-order chi connectivity index (χ1) is 21.7. The lowest BCUT2D eigenvalue weighted by molar-refractivity contribution is -0.158. The van der Waals surface area contributed by atoms with E-state index in [1.54, 1.807) is 29.7 Å². The third kappa shape index (κ3) is 5.28. The third-order valence-electron chi connectivity index (χ3n) is 8.04. The van der Waals surface area contributed by atoms with Gasteiger partial charge in [-0.3, -0.25) is 4.57 Å². The van der Waals surface area contributed by atoms with Crippen LogP contribution in [0.1, 0.15) is 36.8 Å². The molecular formula is C33H32F2IN5O4. The molecule has 2 aromatic heterocycles. The molecule has 0 saturated carbocycles. The summed E-state index contributed by atoms with van der Waals surface area (Å²) in [4.78, 5) is 14.0. The highest BCUT2D eigenvalue weighted by Crippen LogP contribution is 2.49. The summed E-state index contributed by atoms with van der Waals surface area (Å²) in [6.07, 6.45) is -2.46. The van der Waals surface area contributed by atoms with Crippen LogP contribution in [0.3, 0.4) is 0 Å². The number of hydrogen-bond donors (Lipinski definition) is 2. The SMILES string of the molecule is CCOc1nc(NC(c2ccccc2)(c2ccccc2)c2ccc(OC)cc2)nc2c1ncn2[C@@H]1O[C@](F)(CI)[C@@H](F)[C@@]1(C)O. The first-order valence-corrected chi connectivity index (χ1v) is 15.9. The van der Waals surface area contributed by atoms with E-state index >= 15 is 8.78 Å². The second kappa shape index (κ2) is 12.1. The molecule has 1 fully saturated rings. The van der Waals surface area contributed by atoms with Crippen LogP contribution in [-0.4, -0.2) is 60.4 Å². The van der Waals surface area contributed by atoms with Gasteiger partial charge in [-0.1, -0.05) is 95.4 Å². The fourth-order valence-electron chi connectivity index (χ4n) is 5.82. The maximum absolute atomic E-state index is 15.4. The molecular weight excluding hydrogens is 695 g/mol. The fraction of sp³-hybridized carbons (Fsp3) is 0.303. The highest BCUT2D eigenvalue weighted by molar-refractivity contribution is 14.1. The summed E-state index contributed by atoms with van der Waals surface area (Å²) in [7, 11) is 1.61. The molecule has 0 spiro atoms. The van der Waals surface area contributed by atoms with E-state index in [1.807, 2.05) is 91.9 Å². The van der Waals surface area contributed by atoms with Gasteiger partial charge < -0.3 is 24.6 Å². The van der Waals surface area contributed by atoms with Gasteiger partial charge in [0.25, 0.3) is 5.85 Å². The first-order valence-electron chi connectivity index (χ1n) is 14.4. The Balaban J connectivity index is 1.58. The topological polar surface area (TPSA) is 104 Å². The lowest BCUT2D eigenvalue weighted by Gasteiger charge is -2.37. The Labute approximate surface area is 272 Å². The number of fused-ring (bicyclic) bond motifs is 1. The normalized spacial score (nSPS) is 23.3. The molecule has 6 rings (SSSR count). The van der Waals surface area contributed by atoms with Crippen molar-refractivity contribution in [2.24, 2.45) is 0 Å². The van der Waals surface area contributed by atoms with Gasteiger partial charge in [0.15, 0.2) is 23.6 Å². The summed E-state index contributed by atoms with van der Waals surface area (Å²) in [6, 6.07) is 27.4. The number of imidazole rings is 1. The second-order valence-electron chi connectivity index (χ2n) is 10.9. The molecule has 0 aliphatic carbocycles. The van der Waals surface area contributed by atoms with Gasteiger partial charge in [0.05, 0.1) is 24.5 Å². The number of ether oxygens (including phenoxy) is 3. The molecule has 0 unspecified atom stereocenters. The smallest absolute Gasteiger partial charge is 0.254 e. The molecule has 5 aromatic rings. The molecule has 12 heteroatoms. The monoisotopic (exact) mass is 727 g/mol. The van der Waals surface area contributed by atoms with Gasteiger partial charge in [-0.15, -0.1) is 0 Å². The summed E-state index contributed by atoms with van der Waals surface area (Å²) >= 11 is 1.70. The summed E-state index contributed by atoms with van der Waals surface area (Å²) in [5.74, 6) is -1.71. The van der Waals surface area contributed by atoms with E-state index in [-0.39, 0.29) is 34.0 Å². The van der Waals surface area contributed by atoms with Gasteiger partial charge in [-0.2, -0.15) is 9.97 Å². The van der Waals surface area contributed by atoms with Crippen molar-refractivity contribution in [3.05, 3.63) is 108 Å². The minimum Gasteiger partial charge on any atom is -0.497 e. The van der Waals surface area contributed by atoms with Crippen LogP contribution in [0, 0.1) is 0 Å². The quantitative estimate of drug-likeness (QED) is 0.0975. The summed E-state index contributed by atoms with van der Waals surface area (Å²) in [5, 5.41) is 14.7. The molecule has 3 aromatic carbocycles.